The lowest BCUT2D eigenvalue weighted by Gasteiger charge is -2.33. The van der Waals surface area contributed by atoms with Crippen LogP contribution in [0.15, 0.2) is 30.3 Å². The highest BCUT2D eigenvalue weighted by molar-refractivity contribution is 5.75. The van der Waals surface area contributed by atoms with Gasteiger partial charge in [0.2, 0.25) is 0 Å². The minimum Gasteiger partial charge on any atom is -0.481 e. The monoisotopic (exact) mass is 291 g/mol. The molecular formula is C15H21N3O3. The van der Waals surface area contributed by atoms with Crippen molar-refractivity contribution in [3.8, 4) is 0 Å². The lowest BCUT2D eigenvalue weighted by Crippen LogP contribution is -2.48. The number of urea groups is 1. The van der Waals surface area contributed by atoms with Crippen molar-refractivity contribution in [1.82, 2.24) is 10.6 Å². The molecule has 1 aromatic rings. The SMILES string of the molecule is O=C(O)CCNC(=O)NC1CCN(c2ccccc2)CC1. The Morgan fingerprint density at radius 3 is 2.48 bits per heavy atom. The summed E-state index contributed by atoms with van der Waals surface area (Å²) in [6, 6.07) is 10.1. The fourth-order valence-electron chi connectivity index (χ4n) is 2.44. The van der Waals surface area contributed by atoms with E-state index >= 15 is 0 Å². The molecule has 0 aliphatic carbocycles. The summed E-state index contributed by atoms with van der Waals surface area (Å²) in [7, 11) is 0. The number of carboxylic acids is 1. The number of anilines is 1. The first-order valence-electron chi connectivity index (χ1n) is 7.21. The molecule has 0 radical (unpaired) electrons. The Morgan fingerprint density at radius 2 is 1.86 bits per heavy atom. The standard InChI is InChI=1S/C15H21N3O3/c19-14(20)6-9-16-15(21)17-12-7-10-18(11-8-12)13-4-2-1-3-5-13/h1-5,12H,6-11H2,(H,19,20)(H2,16,17,21). The van der Waals surface area contributed by atoms with E-state index in [1.54, 1.807) is 0 Å². The van der Waals surface area contributed by atoms with Gasteiger partial charge in [0.25, 0.3) is 0 Å². The van der Waals surface area contributed by atoms with Crippen LogP contribution in [0, 0.1) is 0 Å². The number of para-hydroxylation sites is 1. The zero-order valence-corrected chi connectivity index (χ0v) is 11.9. The first-order valence-corrected chi connectivity index (χ1v) is 7.21. The van der Waals surface area contributed by atoms with Gasteiger partial charge in [0.05, 0.1) is 6.42 Å². The summed E-state index contributed by atoms with van der Waals surface area (Å²) in [4.78, 5) is 24.3. The molecule has 1 saturated heterocycles. The van der Waals surface area contributed by atoms with Crippen LogP contribution in [0.5, 0.6) is 0 Å². The van der Waals surface area contributed by atoms with Gasteiger partial charge in [-0.15, -0.1) is 0 Å². The van der Waals surface area contributed by atoms with Crippen LogP contribution in [-0.2, 0) is 4.79 Å². The van der Waals surface area contributed by atoms with Crippen molar-refractivity contribution >= 4 is 17.7 Å². The molecule has 1 fully saturated rings. The number of hydrogen-bond donors (Lipinski definition) is 3. The molecule has 2 amide bonds. The number of carboxylic acid groups (broad SMARTS) is 1. The van der Waals surface area contributed by atoms with Gasteiger partial charge in [0.1, 0.15) is 0 Å². The third-order valence-electron chi connectivity index (χ3n) is 3.58. The Labute approximate surface area is 124 Å². The first kappa shape index (κ1) is 15.2. The van der Waals surface area contributed by atoms with Crippen LogP contribution >= 0.6 is 0 Å². The van der Waals surface area contributed by atoms with Gasteiger partial charge in [-0.05, 0) is 25.0 Å². The van der Waals surface area contributed by atoms with E-state index in [9.17, 15) is 9.59 Å². The summed E-state index contributed by atoms with van der Waals surface area (Å²) in [5.74, 6) is -0.911. The number of piperidine rings is 1. The van der Waals surface area contributed by atoms with Crippen molar-refractivity contribution in [2.75, 3.05) is 24.5 Å². The predicted octanol–water partition coefficient (Wildman–Crippen LogP) is 1.43. The van der Waals surface area contributed by atoms with Crippen molar-refractivity contribution in [1.29, 1.82) is 0 Å². The normalized spacial score (nSPS) is 15.5. The van der Waals surface area contributed by atoms with Crippen LogP contribution in [0.25, 0.3) is 0 Å². The number of carbonyl (C=O) groups is 2. The predicted molar refractivity (Wildman–Crippen MR) is 80.5 cm³/mol. The number of nitrogens with one attached hydrogen (secondary N) is 2. The Kier molecular flexibility index (Phi) is 5.43. The minimum atomic E-state index is -0.911. The fourth-order valence-corrected chi connectivity index (χ4v) is 2.44. The highest BCUT2D eigenvalue weighted by Crippen LogP contribution is 2.19. The van der Waals surface area contributed by atoms with Gasteiger partial charge in [-0.1, -0.05) is 18.2 Å². The van der Waals surface area contributed by atoms with Gasteiger partial charge in [0, 0.05) is 31.4 Å². The topological polar surface area (TPSA) is 81.7 Å². The molecule has 21 heavy (non-hydrogen) atoms. The summed E-state index contributed by atoms with van der Waals surface area (Å²) >= 11 is 0. The smallest absolute Gasteiger partial charge is 0.315 e. The van der Waals surface area contributed by atoms with Gasteiger partial charge >= 0.3 is 12.0 Å². The average molecular weight is 291 g/mol. The molecule has 1 aliphatic rings. The molecule has 3 N–H and O–H groups in total. The molecule has 0 atom stereocenters. The summed E-state index contributed by atoms with van der Waals surface area (Å²) in [6.07, 6.45) is 1.72. The Hall–Kier alpha value is -2.24. The Balaban J connectivity index is 1.69. The van der Waals surface area contributed by atoms with Gasteiger partial charge in [-0.2, -0.15) is 0 Å². The number of nitrogens with zero attached hydrogens (tertiary/aromatic N) is 1. The molecular weight excluding hydrogens is 270 g/mol. The number of carbonyl (C=O) groups excluding carboxylic acids is 1. The molecule has 0 spiro atoms. The molecule has 114 valence electrons. The summed E-state index contributed by atoms with van der Waals surface area (Å²) < 4.78 is 0. The lowest BCUT2D eigenvalue weighted by molar-refractivity contribution is -0.136. The molecule has 6 nitrogen and oxygen atoms in total. The number of hydrogen-bond acceptors (Lipinski definition) is 3. The third-order valence-corrected chi connectivity index (χ3v) is 3.58. The molecule has 1 aromatic carbocycles. The molecule has 0 bridgehead atoms. The molecule has 1 aliphatic heterocycles. The average Bonchev–Trinajstić information content (AvgIpc) is 2.48. The number of benzene rings is 1. The summed E-state index contributed by atoms with van der Waals surface area (Å²) in [5, 5.41) is 14.0. The fraction of sp³-hybridized carbons (Fsp3) is 0.467. The van der Waals surface area contributed by atoms with E-state index in [-0.39, 0.29) is 25.0 Å². The number of amides is 2. The molecule has 0 unspecified atom stereocenters. The van der Waals surface area contributed by atoms with E-state index in [2.05, 4.69) is 27.7 Å². The maximum absolute atomic E-state index is 11.6. The number of rotatable bonds is 5. The molecule has 1 heterocycles. The van der Waals surface area contributed by atoms with Crippen molar-refractivity contribution in [2.24, 2.45) is 0 Å². The molecule has 6 heteroatoms. The van der Waals surface area contributed by atoms with Crippen molar-refractivity contribution < 1.29 is 14.7 Å². The van der Waals surface area contributed by atoms with Crippen LogP contribution < -0.4 is 15.5 Å². The van der Waals surface area contributed by atoms with Gasteiger partial charge in [-0.3, -0.25) is 4.79 Å². The van der Waals surface area contributed by atoms with Crippen LogP contribution in [-0.4, -0.2) is 42.8 Å². The van der Waals surface area contributed by atoms with Crippen LogP contribution in [0.3, 0.4) is 0 Å². The maximum Gasteiger partial charge on any atom is 0.315 e. The Bertz CT molecular complexity index is 470. The molecule has 0 aromatic heterocycles. The van der Waals surface area contributed by atoms with Crippen LogP contribution in [0.2, 0.25) is 0 Å². The van der Waals surface area contributed by atoms with Gasteiger partial charge < -0.3 is 20.6 Å². The van der Waals surface area contributed by atoms with E-state index < -0.39 is 5.97 Å². The van der Waals surface area contributed by atoms with Crippen molar-refractivity contribution in [3.63, 3.8) is 0 Å². The van der Waals surface area contributed by atoms with Crippen LogP contribution in [0.1, 0.15) is 19.3 Å². The minimum absolute atomic E-state index is 0.0557. The molecule has 0 saturated carbocycles. The van der Waals surface area contributed by atoms with Crippen molar-refractivity contribution in [3.05, 3.63) is 30.3 Å². The second kappa shape index (κ2) is 7.52. The van der Waals surface area contributed by atoms with Crippen molar-refractivity contribution in [2.45, 2.75) is 25.3 Å². The first-order chi connectivity index (χ1) is 10.1. The largest absolute Gasteiger partial charge is 0.481 e. The van der Waals surface area contributed by atoms with Gasteiger partial charge in [0.15, 0.2) is 0 Å². The Morgan fingerprint density at radius 1 is 1.19 bits per heavy atom. The zero-order valence-electron chi connectivity index (χ0n) is 11.9. The second-order valence-corrected chi connectivity index (χ2v) is 5.14. The van der Waals surface area contributed by atoms with E-state index in [0.717, 1.165) is 25.9 Å². The van der Waals surface area contributed by atoms with E-state index in [4.69, 9.17) is 5.11 Å². The maximum atomic E-state index is 11.6. The quantitative estimate of drug-likeness (QED) is 0.766. The summed E-state index contributed by atoms with van der Waals surface area (Å²) in [6.45, 7) is 1.97. The van der Waals surface area contributed by atoms with E-state index in [1.165, 1.54) is 5.69 Å². The summed E-state index contributed by atoms with van der Waals surface area (Å²) in [5.41, 5.74) is 1.21. The molecule has 2 rings (SSSR count). The second-order valence-electron chi connectivity index (χ2n) is 5.14. The van der Waals surface area contributed by atoms with Gasteiger partial charge in [-0.25, -0.2) is 4.79 Å². The highest BCUT2D eigenvalue weighted by atomic mass is 16.4. The highest BCUT2D eigenvalue weighted by Gasteiger charge is 2.20. The zero-order chi connectivity index (χ0) is 15.1. The number of aliphatic carboxylic acids is 1. The lowest BCUT2D eigenvalue weighted by atomic mass is 10.0. The third kappa shape index (κ3) is 4.98. The van der Waals surface area contributed by atoms with E-state index in [1.807, 2.05) is 18.2 Å². The van der Waals surface area contributed by atoms with E-state index in [0.29, 0.717) is 0 Å². The van der Waals surface area contributed by atoms with Crippen LogP contribution in [0.4, 0.5) is 10.5 Å².